The molecule has 2 aromatic carbocycles. The van der Waals surface area contributed by atoms with Crippen molar-refractivity contribution >= 4 is 23.2 Å². The Morgan fingerprint density at radius 1 is 1.07 bits per heavy atom. The van der Waals surface area contributed by atoms with Gasteiger partial charge in [0.2, 0.25) is 5.91 Å². The quantitative estimate of drug-likeness (QED) is 0.837. The van der Waals surface area contributed by atoms with Crippen molar-refractivity contribution in [3.63, 3.8) is 0 Å². The Bertz CT molecular complexity index is 801. The normalized spacial score (nSPS) is 17.3. The average Bonchev–Trinajstić information content (AvgIpc) is 2.62. The molecule has 1 fully saturated rings. The van der Waals surface area contributed by atoms with Gasteiger partial charge in [-0.3, -0.25) is 14.5 Å². The zero-order valence-corrected chi connectivity index (χ0v) is 16.0. The Balaban J connectivity index is 1.59. The van der Waals surface area contributed by atoms with Crippen molar-refractivity contribution in [2.75, 3.05) is 23.7 Å². The van der Waals surface area contributed by atoms with E-state index in [9.17, 15) is 9.59 Å². The Kier molecular flexibility index (Phi) is 6.24. The molecule has 1 saturated heterocycles. The number of nitrogens with zero attached hydrogens (tertiary/aromatic N) is 1. The van der Waals surface area contributed by atoms with E-state index in [4.69, 9.17) is 0 Å². The van der Waals surface area contributed by atoms with Crippen molar-refractivity contribution in [2.45, 2.75) is 33.2 Å². The maximum Gasteiger partial charge on any atom is 0.255 e. The van der Waals surface area contributed by atoms with E-state index in [-0.39, 0.29) is 11.8 Å². The summed E-state index contributed by atoms with van der Waals surface area (Å²) in [6.07, 6.45) is 2.58. The summed E-state index contributed by atoms with van der Waals surface area (Å²) in [4.78, 5) is 26.1. The molecule has 0 spiro atoms. The van der Waals surface area contributed by atoms with Crippen LogP contribution < -0.4 is 10.6 Å². The van der Waals surface area contributed by atoms with Gasteiger partial charge in [-0.2, -0.15) is 0 Å². The summed E-state index contributed by atoms with van der Waals surface area (Å²) in [6.45, 7) is 6.99. The van der Waals surface area contributed by atoms with Crippen LogP contribution in [-0.4, -0.2) is 29.8 Å². The van der Waals surface area contributed by atoms with Crippen LogP contribution >= 0.6 is 0 Å². The lowest BCUT2D eigenvalue weighted by atomic mass is 9.99. The molecule has 1 aliphatic rings. The summed E-state index contributed by atoms with van der Waals surface area (Å²) in [5.74, 6) is 0.461. The van der Waals surface area contributed by atoms with Crippen LogP contribution in [0.5, 0.6) is 0 Å². The van der Waals surface area contributed by atoms with Crippen LogP contribution in [0.25, 0.3) is 0 Å². The Labute approximate surface area is 160 Å². The summed E-state index contributed by atoms with van der Waals surface area (Å²) < 4.78 is 0. The van der Waals surface area contributed by atoms with Crippen molar-refractivity contribution in [2.24, 2.45) is 5.92 Å². The first kappa shape index (κ1) is 19.1. The van der Waals surface area contributed by atoms with Crippen LogP contribution in [0.15, 0.2) is 48.5 Å². The lowest BCUT2D eigenvalue weighted by molar-refractivity contribution is -0.114. The molecule has 0 aliphatic carbocycles. The minimum Gasteiger partial charge on any atom is -0.326 e. The zero-order valence-electron chi connectivity index (χ0n) is 16.0. The molecule has 5 heteroatoms. The Hall–Kier alpha value is -2.66. The molecule has 0 radical (unpaired) electrons. The van der Waals surface area contributed by atoms with Gasteiger partial charge in [-0.05, 0) is 61.2 Å². The minimum atomic E-state index is -0.159. The molecule has 2 aromatic rings. The highest BCUT2D eigenvalue weighted by Crippen LogP contribution is 2.19. The van der Waals surface area contributed by atoms with Crippen LogP contribution in [0.1, 0.15) is 42.6 Å². The summed E-state index contributed by atoms with van der Waals surface area (Å²) in [5, 5.41) is 5.59. The average molecular weight is 365 g/mol. The second-order valence-electron chi connectivity index (χ2n) is 7.40. The molecule has 2 N–H and O–H groups in total. The first-order chi connectivity index (χ1) is 13.0. The number of piperidine rings is 1. The molecule has 0 unspecified atom stereocenters. The molecule has 27 heavy (non-hydrogen) atoms. The van der Waals surface area contributed by atoms with Gasteiger partial charge in [-0.15, -0.1) is 0 Å². The van der Waals surface area contributed by atoms with Crippen molar-refractivity contribution in [1.82, 2.24) is 4.90 Å². The van der Waals surface area contributed by atoms with Crippen LogP contribution in [0.3, 0.4) is 0 Å². The molecule has 1 aliphatic heterocycles. The van der Waals surface area contributed by atoms with Gasteiger partial charge in [0.05, 0.1) is 0 Å². The predicted molar refractivity (Wildman–Crippen MR) is 109 cm³/mol. The second kappa shape index (κ2) is 8.82. The van der Waals surface area contributed by atoms with E-state index >= 15 is 0 Å². The summed E-state index contributed by atoms with van der Waals surface area (Å²) >= 11 is 0. The van der Waals surface area contributed by atoms with Crippen LogP contribution in [0.2, 0.25) is 0 Å². The number of anilines is 2. The first-order valence-corrected chi connectivity index (χ1v) is 9.50. The molecule has 1 heterocycles. The van der Waals surface area contributed by atoms with Gasteiger partial charge in [-0.1, -0.05) is 25.1 Å². The van der Waals surface area contributed by atoms with E-state index in [0.717, 1.165) is 25.6 Å². The van der Waals surface area contributed by atoms with Crippen molar-refractivity contribution in [3.05, 3.63) is 59.7 Å². The molecule has 5 nitrogen and oxygen atoms in total. The maximum atomic E-state index is 12.5. The Morgan fingerprint density at radius 2 is 1.78 bits per heavy atom. The zero-order chi connectivity index (χ0) is 19.2. The van der Waals surface area contributed by atoms with Crippen LogP contribution in [0, 0.1) is 5.92 Å². The van der Waals surface area contributed by atoms with E-state index in [1.807, 2.05) is 24.3 Å². The van der Waals surface area contributed by atoms with Crippen LogP contribution in [-0.2, 0) is 11.3 Å². The Morgan fingerprint density at radius 3 is 2.44 bits per heavy atom. The number of amides is 2. The topological polar surface area (TPSA) is 61.4 Å². The van der Waals surface area contributed by atoms with Gasteiger partial charge in [0.15, 0.2) is 0 Å². The number of rotatable bonds is 5. The first-order valence-electron chi connectivity index (χ1n) is 9.50. The maximum absolute atomic E-state index is 12.5. The van der Waals surface area contributed by atoms with Gasteiger partial charge < -0.3 is 10.6 Å². The highest BCUT2D eigenvalue weighted by atomic mass is 16.2. The van der Waals surface area contributed by atoms with Crippen molar-refractivity contribution in [1.29, 1.82) is 0 Å². The summed E-state index contributed by atoms with van der Waals surface area (Å²) in [5.41, 5.74) is 3.16. The summed E-state index contributed by atoms with van der Waals surface area (Å²) in [6, 6.07) is 14.9. The molecule has 0 aromatic heterocycles. The van der Waals surface area contributed by atoms with E-state index < -0.39 is 0 Å². The third kappa shape index (κ3) is 5.66. The lowest BCUT2D eigenvalue weighted by Crippen LogP contribution is -2.33. The van der Waals surface area contributed by atoms with Crippen LogP contribution in [0.4, 0.5) is 11.4 Å². The fraction of sp³-hybridized carbons (Fsp3) is 0.364. The van der Waals surface area contributed by atoms with Gasteiger partial charge in [0.1, 0.15) is 0 Å². The predicted octanol–water partition coefficient (Wildman–Crippen LogP) is 4.13. The standard InChI is InChI=1S/C22H27N3O2/c1-16-5-4-12-25(14-16)15-18-8-10-19(11-9-18)22(27)24-21-7-3-6-20(13-21)23-17(2)26/h3,6-11,13,16H,4-5,12,14-15H2,1-2H3,(H,23,26)(H,24,27)/t16-/m1/s1. The molecule has 0 bridgehead atoms. The number of hydrogen-bond acceptors (Lipinski definition) is 3. The molecule has 2 amide bonds. The van der Waals surface area contributed by atoms with Crippen molar-refractivity contribution in [3.8, 4) is 0 Å². The van der Waals surface area contributed by atoms with Gasteiger partial charge in [0.25, 0.3) is 5.91 Å². The third-order valence-corrected chi connectivity index (χ3v) is 4.80. The molecule has 3 rings (SSSR count). The van der Waals surface area contributed by atoms with E-state index in [0.29, 0.717) is 16.9 Å². The van der Waals surface area contributed by atoms with Gasteiger partial charge in [0, 0.05) is 37.0 Å². The number of carbonyl (C=O) groups is 2. The monoisotopic (exact) mass is 365 g/mol. The molecular weight excluding hydrogens is 338 g/mol. The lowest BCUT2D eigenvalue weighted by Gasteiger charge is -2.30. The second-order valence-corrected chi connectivity index (χ2v) is 7.40. The fourth-order valence-corrected chi connectivity index (χ4v) is 3.53. The number of nitrogens with one attached hydrogen (secondary N) is 2. The van der Waals surface area contributed by atoms with E-state index in [1.54, 1.807) is 24.3 Å². The van der Waals surface area contributed by atoms with Crippen molar-refractivity contribution < 1.29 is 9.59 Å². The smallest absolute Gasteiger partial charge is 0.255 e. The number of benzene rings is 2. The minimum absolute atomic E-state index is 0.142. The van der Waals surface area contributed by atoms with E-state index in [1.165, 1.54) is 25.3 Å². The highest BCUT2D eigenvalue weighted by Gasteiger charge is 2.16. The molecular formula is C22H27N3O2. The number of hydrogen-bond donors (Lipinski definition) is 2. The van der Waals surface area contributed by atoms with Gasteiger partial charge in [-0.25, -0.2) is 0 Å². The molecule has 0 saturated carbocycles. The SMILES string of the molecule is CC(=O)Nc1cccc(NC(=O)c2ccc(CN3CCC[C@@H](C)C3)cc2)c1. The number of carbonyl (C=O) groups excluding carboxylic acids is 2. The molecule has 142 valence electrons. The third-order valence-electron chi connectivity index (χ3n) is 4.80. The fourth-order valence-electron chi connectivity index (χ4n) is 3.53. The van der Waals surface area contributed by atoms with E-state index in [2.05, 4.69) is 22.5 Å². The molecule has 1 atom stereocenters. The van der Waals surface area contributed by atoms with Gasteiger partial charge >= 0.3 is 0 Å². The largest absolute Gasteiger partial charge is 0.326 e. The number of likely N-dealkylation sites (tertiary alicyclic amines) is 1. The highest BCUT2D eigenvalue weighted by molar-refractivity contribution is 6.04. The summed E-state index contributed by atoms with van der Waals surface area (Å²) in [7, 11) is 0.